The first-order valence-electron chi connectivity index (χ1n) is 8.64. The quantitative estimate of drug-likeness (QED) is 0.101. The minimum atomic E-state index is -1.04. The molecule has 1 unspecified atom stereocenters. The molecule has 1 aromatic heterocycles. The summed E-state index contributed by atoms with van der Waals surface area (Å²) in [5.74, 6) is -0.105. The molecule has 0 aliphatic carbocycles. The molecule has 1 aromatic rings. The number of urea groups is 1. The molecule has 0 radical (unpaired) electrons. The fourth-order valence-electron chi connectivity index (χ4n) is 2.11. The van der Waals surface area contributed by atoms with Crippen LogP contribution in [0.4, 0.5) is 15.5 Å². The number of nitrogens with one attached hydrogen (secondary N) is 4. The zero-order valence-corrected chi connectivity index (χ0v) is 16.8. The van der Waals surface area contributed by atoms with Crippen molar-refractivity contribution in [3.8, 4) is 0 Å². The zero-order valence-electron chi connectivity index (χ0n) is 16.8. The minimum Gasteiger partial charge on any atom is -0.449 e. The van der Waals surface area contributed by atoms with E-state index < -0.39 is 23.9 Å². The van der Waals surface area contributed by atoms with Gasteiger partial charge in [-0.15, -0.1) is 9.97 Å². The number of nitroso groups, excluding NO2 is 1. The van der Waals surface area contributed by atoms with E-state index in [0.717, 1.165) is 0 Å². The van der Waals surface area contributed by atoms with Crippen molar-refractivity contribution in [2.24, 2.45) is 5.18 Å². The molecule has 0 spiro atoms. The third-order valence-electron chi connectivity index (χ3n) is 3.56. The number of aryl methyl sites for hydroxylation is 1. The third-order valence-corrected chi connectivity index (χ3v) is 3.56. The first-order valence-corrected chi connectivity index (χ1v) is 8.64. The maximum atomic E-state index is 12.2. The van der Waals surface area contributed by atoms with Crippen molar-refractivity contribution in [3.63, 3.8) is 0 Å². The van der Waals surface area contributed by atoms with E-state index in [2.05, 4.69) is 35.7 Å². The number of hydrogen-bond donors (Lipinski definition) is 5. The van der Waals surface area contributed by atoms with Crippen molar-refractivity contribution in [1.82, 2.24) is 25.7 Å². The number of carbonyl (C=O) groups excluding carboxylic acids is 2. The maximum Gasteiger partial charge on any atom is 0.408 e. The van der Waals surface area contributed by atoms with Crippen LogP contribution in [-0.2, 0) is 20.5 Å². The lowest BCUT2D eigenvalue weighted by Crippen LogP contribution is -2.37. The molecule has 15 nitrogen and oxygen atoms in total. The maximum absolute atomic E-state index is 12.2. The van der Waals surface area contributed by atoms with Crippen molar-refractivity contribution in [2.75, 3.05) is 31.9 Å². The van der Waals surface area contributed by atoms with Crippen LogP contribution >= 0.6 is 0 Å². The van der Waals surface area contributed by atoms with Crippen LogP contribution in [0.2, 0.25) is 0 Å². The van der Waals surface area contributed by atoms with Gasteiger partial charge in [0.15, 0.2) is 6.23 Å². The highest BCUT2D eigenvalue weighted by atomic mass is 16.6. The van der Waals surface area contributed by atoms with Gasteiger partial charge in [0.2, 0.25) is 5.95 Å². The van der Waals surface area contributed by atoms with E-state index in [1.807, 2.05) is 0 Å². The SMILES string of the molecule is BOCN(O)CNC(=O)OCCc1c(C)[nH]c(NC(=O)NCC(N=O)OB)nc1=O. The van der Waals surface area contributed by atoms with Gasteiger partial charge in [0.25, 0.3) is 21.7 Å². The summed E-state index contributed by atoms with van der Waals surface area (Å²) < 4.78 is 14.3. The largest absolute Gasteiger partial charge is 0.449 e. The lowest BCUT2D eigenvalue weighted by Gasteiger charge is -2.14. The molecule has 17 heteroatoms. The van der Waals surface area contributed by atoms with Gasteiger partial charge in [0, 0.05) is 17.7 Å². The molecule has 164 valence electrons. The molecule has 0 aliphatic heterocycles. The monoisotopic (exact) mass is 427 g/mol. The number of carbonyl (C=O) groups is 2. The van der Waals surface area contributed by atoms with E-state index in [4.69, 9.17) is 9.39 Å². The lowest BCUT2D eigenvalue weighted by atomic mass is 10.2. The number of nitrogens with zero attached hydrogens (tertiary/aromatic N) is 3. The molecule has 0 saturated heterocycles. The Hall–Kier alpha value is -3.01. The molecule has 1 rings (SSSR count). The molecular formula is C13H23B2N7O8. The van der Waals surface area contributed by atoms with E-state index in [1.54, 1.807) is 6.92 Å². The number of anilines is 1. The number of hydroxylamine groups is 2. The highest BCUT2D eigenvalue weighted by Gasteiger charge is 2.13. The second-order valence-corrected chi connectivity index (χ2v) is 5.77. The van der Waals surface area contributed by atoms with Gasteiger partial charge in [-0.25, -0.2) is 9.59 Å². The molecule has 0 bridgehead atoms. The van der Waals surface area contributed by atoms with E-state index >= 15 is 0 Å². The van der Waals surface area contributed by atoms with Gasteiger partial charge in [0.1, 0.15) is 13.4 Å². The normalized spacial score (nSPS) is 11.6. The van der Waals surface area contributed by atoms with Crippen LogP contribution < -0.4 is 21.5 Å². The fraction of sp³-hybridized carbons (Fsp3) is 0.538. The van der Waals surface area contributed by atoms with Crippen molar-refractivity contribution in [2.45, 2.75) is 19.6 Å². The van der Waals surface area contributed by atoms with Crippen LogP contribution in [0.25, 0.3) is 0 Å². The number of H-pyrrole nitrogens is 1. The molecule has 0 saturated carbocycles. The smallest absolute Gasteiger partial charge is 0.408 e. The van der Waals surface area contributed by atoms with Crippen molar-refractivity contribution in [3.05, 3.63) is 26.5 Å². The van der Waals surface area contributed by atoms with Gasteiger partial charge in [0.05, 0.1) is 13.2 Å². The van der Waals surface area contributed by atoms with Crippen molar-refractivity contribution < 1.29 is 28.8 Å². The molecule has 1 heterocycles. The highest BCUT2D eigenvalue weighted by Crippen LogP contribution is 2.04. The van der Waals surface area contributed by atoms with E-state index in [-0.39, 0.29) is 44.5 Å². The van der Waals surface area contributed by atoms with Gasteiger partial charge in [-0.2, -0.15) is 4.98 Å². The van der Waals surface area contributed by atoms with E-state index in [1.165, 1.54) is 16.1 Å². The Balaban J connectivity index is 2.52. The number of rotatable bonds is 12. The average Bonchev–Trinajstić information content (AvgIpc) is 2.69. The van der Waals surface area contributed by atoms with Crippen LogP contribution in [0.3, 0.4) is 0 Å². The summed E-state index contributed by atoms with van der Waals surface area (Å²) in [6.45, 7) is 1.01. The number of aromatic amines is 1. The third kappa shape index (κ3) is 8.99. The zero-order chi connectivity index (χ0) is 22.5. The van der Waals surface area contributed by atoms with Crippen LogP contribution in [0.15, 0.2) is 9.97 Å². The Kier molecular flexibility index (Phi) is 11.1. The Morgan fingerprint density at radius 2 is 2.10 bits per heavy atom. The molecule has 0 fully saturated rings. The van der Waals surface area contributed by atoms with Crippen molar-refractivity contribution in [1.29, 1.82) is 0 Å². The standard InChI is InChI=1S/C13H23B2N7O8/c1-7-8(2-3-28-13(25)17-5-22(27)6-29-14)10(23)19-11(18-7)20-12(24)16-4-9(21-26)30-15/h9,27H,2-6,14-15H2,1H3,(H,17,25)(H3,16,18,19,20,23,24). The molecule has 0 aliphatic rings. The van der Waals surface area contributed by atoms with Crippen molar-refractivity contribution >= 4 is 34.2 Å². The Bertz CT molecular complexity index is 780. The van der Waals surface area contributed by atoms with Crippen LogP contribution in [0.1, 0.15) is 11.3 Å². The highest BCUT2D eigenvalue weighted by molar-refractivity contribution is 5.98. The second-order valence-electron chi connectivity index (χ2n) is 5.77. The van der Waals surface area contributed by atoms with Gasteiger partial charge in [-0.3, -0.25) is 10.1 Å². The summed E-state index contributed by atoms with van der Waals surface area (Å²) in [4.78, 5) is 52.3. The lowest BCUT2D eigenvalue weighted by molar-refractivity contribution is -0.136. The van der Waals surface area contributed by atoms with Gasteiger partial charge >= 0.3 is 12.1 Å². The summed E-state index contributed by atoms with van der Waals surface area (Å²) in [6.07, 6.45) is -1.75. The Morgan fingerprint density at radius 1 is 1.37 bits per heavy atom. The number of hydrogen-bond acceptors (Lipinski definition) is 11. The van der Waals surface area contributed by atoms with E-state index in [0.29, 0.717) is 10.8 Å². The number of ether oxygens (including phenoxy) is 1. The first kappa shape index (κ1) is 25.0. The number of aromatic nitrogens is 2. The number of alkyl carbamates (subject to hydrolysis) is 1. The van der Waals surface area contributed by atoms with Crippen LogP contribution in [-0.4, -0.2) is 81.2 Å². The van der Waals surface area contributed by atoms with Gasteiger partial charge in [-0.1, -0.05) is 0 Å². The molecule has 1 atom stereocenters. The van der Waals surface area contributed by atoms with Crippen LogP contribution in [0, 0.1) is 11.8 Å². The summed E-state index contributed by atoms with van der Waals surface area (Å²) in [6, 6.07) is -0.720. The first-order chi connectivity index (χ1) is 14.3. The Morgan fingerprint density at radius 3 is 2.70 bits per heavy atom. The minimum absolute atomic E-state index is 0.0789. The fourth-order valence-corrected chi connectivity index (χ4v) is 2.11. The molecule has 0 aromatic carbocycles. The molecule has 5 N–H and O–H groups in total. The van der Waals surface area contributed by atoms with Crippen LogP contribution in [0.5, 0.6) is 0 Å². The predicted octanol–water partition coefficient (Wildman–Crippen LogP) is -2.70. The molecule has 3 amide bonds. The number of amides is 3. The van der Waals surface area contributed by atoms with Gasteiger partial charge in [-0.05, 0) is 12.1 Å². The summed E-state index contributed by atoms with van der Waals surface area (Å²) in [7, 11) is 2.65. The molecular weight excluding hydrogens is 404 g/mol. The summed E-state index contributed by atoms with van der Waals surface area (Å²) >= 11 is 0. The van der Waals surface area contributed by atoms with Gasteiger partial charge < -0.3 is 34.9 Å². The summed E-state index contributed by atoms with van der Waals surface area (Å²) in [5, 5.41) is 19.6. The predicted molar refractivity (Wildman–Crippen MR) is 107 cm³/mol. The Labute approximate surface area is 172 Å². The molecule has 30 heavy (non-hydrogen) atoms. The second kappa shape index (κ2) is 13.3. The average molecular weight is 427 g/mol. The topological polar surface area (TPSA) is 197 Å². The van der Waals surface area contributed by atoms with E-state index in [9.17, 15) is 24.5 Å². The summed E-state index contributed by atoms with van der Waals surface area (Å²) in [5.41, 5.74) is 0.0679.